The first kappa shape index (κ1) is 7.32. The van der Waals surface area contributed by atoms with Crippen molar-refractivity contribution >= 4 is 15.9 Å². The summed E-state index contributed by atoms with van der Waals surface area (Å²) >= 11 is 3.41. The van der Waals surface area contributed by atoms with Gasteiger partial charge in [0.15, 0.2) is 0 Å². The zero-order valence-electron chi connectivity index (χ0n) is 6.31. The van der Waals surface area contributed by atoms with Gasteiger partial charge in [-0.1, -0.05) is 28.1 Å². The maximum Gasteiger partial charge on any atom is 0.121 e. The van der Waals surface area contributed by atoms with Gasteiger partial charge in [0.1, 0.15) is 5.54 Å². The quantitative estimate of drug-likeness (QED) is 0.735. The van der Waals surface area contributed by atoms with Crippen molar-refractivity contribution in [3.63, 3.8) is 0 Å². The van der Waals surface area contributed by atoms with Crippen molar-refractivity contribution in [1.82, 2.24) is 0 Å². The molecule has 2 rings (SSSR count). The highest BCUT2D eigenvalue weighted by Crippen LogP contribution is 2.40. The number of rotatable bonds is 1. The lowest BCUT2D eigenvalue weighted by Crippen LogP contribution is -2.61. The van der Waals surface area contributed by atoms with E-state index in [2.05, 4.69) is 45.9 Å². The van der Waals surface area contributed by atoms with Gasteiger partial charge in [-0.05, 0) is 12.1 Å². The molecule has 1 fully saturated rings. The normalized spacial score (nSPS) is 19.8. The van der Waals surface area contributed by atoms with Gasteiger partial charge in [0.05, 0.1) is 0 Å². The highest BCUT2D eigenvalue weighted by molar-refractivity contribution is 9.10. The maximum absolute atomic E-state index is 4.17. The molecule has 0 aliphatic heterocycles. The zero-order valence-corrected chi connectivity index (χ0v) is 7.89. The lowest BCUT2D eigenvalue weighted by Gasteiger charge is -2.04. The van der Waals surface area contributed by atoms with E-state index in [0.717, 1.165) is 4.47 Å². The lowest BCUT2D eigenvalue weighted by atomic mass is 10.1. The summed E-state index contributed by atoms with van der Waals surface area (Å²) in [6, 6.07) is 8.48. The third kappa shape index (κ3) is 1.33. The molecule has 0 heterocycles. The predicted octanol–water partition coefficient (Wildman–Crippen LogP) is 1.68. The summed E-state index contributed by atoms with van der Waals surface area (Å²) in [4.78, 5) is 0. The van der Waals surface area contributed by atoms with Gasteiger partial charge in [-0.2, -0.15) is 0 Å². The van der Waals surface area contributed by atoms with Crippen molar-refractivity contribution in [2.75, 3.05) is 0 Å². The molecular weight excluding hydrogens is 202 g/mol. The summed E-state index contributed by atoms with van der Waals surface area (Å²) < 4.78 is 1.14. The van der Waals surface area contributed by atoms with Gasteiger partial charge in [0.2, 0.25) is 0 Å². The van der Waals surface area contributed by atoms with Gasteiger partial charge in [0, 0.05) is 22.9 Å². The van der Waals surface area contributed by atoms with Gasteiger partial charge in [-0.25, -0.2) is 0 Å². The fraction of sp³-hybridized carbons (Fsp3) is 0.333. The molecule has 58 valence electrons. The maximum atomic E-state index is 4.17. The van der Waals surface area contributed by atoms with Gasteiger partial charge in [0.25, 0.3) is 0 Å². The van der Waals surface area contributed by atoms with Crippen LogP contribution in [0, 0.1) is 0 Å². The summed E-state index contributed by atoms with van der Waals surface area (Å²) in [7, 11) is 0. The Morgan fingerprint density at radius 2 is 1.73 bits per heavy atom. The van der Waals surface area contributed by atoms with E-state index in [9.17, 15) is 0 Å². The summed E-state index contributed by atoms with van der Waals surface area (Å²) in [5.74, 6) is 0. The Balaban J connectivity index is 2.33. The Hall–Kier alpha value is -0.340. The average Bonchev–Trinajstić information content (AvgIpc) is 2.70. The van der Waals surface area contributed by atoms with Gasteiger partial charge in [-0.3, -0.25) is 0 Å². The first-order chi connectivity index (χ1) is 5.21. The van der Waals surface area contributed by atoms with Crippen LogP contribution in [0.15, 0.2) is 28.7 Å². The van der Waals surface area contributed by atoms with Crippen LogP contribution in [0.3, 0.4) is 0 Å². The molecule has 1 nitrogen and oxygen atoms in total. The molecule has 0 saturated heterocycles. The Morgan fingerprint density at radius 1 is 1.18 bits per heavy atom. The van der Waals surface area contributed by atoms with Crippen LogP contribution in [0.25, 0.3) is 0 Å². The second-order valence-corrected chi connectivity index (χ2v) is 4.20. The van der Waals surface area contributed by atoms with E-state index in [-0.39, 0.29) is 5.54 Å². The summed E-state index contributed by atoms with van der Waals surface area (Å²) in [6.45, 7) is 0. The third-order valence-electron chi connectivity index (χ3n) is 2.31. The summed E-state index contributed by atoms with van der Waals surface area (Å²) in [5, 5.41) is 0. The molecule has 0 amide bonds. The molecule has 0 radical (unpaired) electrons. The smallest absolute Gasteiger partial charge is 0.121 e. The molecule has 1 saturated carbocycles. The van der Waals surface area contributed by atoms with E-state index in [1.807, 2.05) is 0 Å². The molecular formula is C9H11BrN+. The number of hydrogen-bond donors (Lipinski definition) is 1. The molecule has 1 aliphatic carbocycles. The van der Waals surface area contributed by atoms with Crippen molar-refractivity contribution in [3.05, 3.63) is 34.3 Å². The topological polar surface area (TPSA) is 27.6 Å². The van der Waals surface area contributed by atoms with Crippen molar-refractivity contribution in [1.29, 1.82) is 0 Å². The number of halogens is 1. The van der Waals surface area contributed by atoms with Crippen LogP contribution in [0.4, 0.5) is 0 Å². The first-order valence-corrected chi connectivity index (χ1v) is 4.61. The van der Waals surface area contributed by atoms with E-state index in [4.69, 9.17) is 0 Å². The SMILES string of the molecule is [NH3+]C1(c2ccc(Br)cc2)CC1. The standard InChI is InChI=1S/C9H10BrN/c10-8-3-1-7(2-4-8)9(11)5-6-9/h1-4H,5-6,11H2/p+1. The molecule has 0 atom stereocenters. The fourth-order valence-corrected chi connectivity index (χ4v) is 1.51. The van der Waals surface area contributed by atoms with Gasteiger partial charge < -0.3 is 5.73 Å². The molecule has 2 heteroatoms. The van der Waals surface area contributed by atoms with Crippen molar-refractivity contribution in [2.45, 2.75) is 18.4 Å². The van der Waals surface area contributed by atoms with Crippen LogP contribution in [0.1, 0.15) is 18.4 Å². The predicted molar refractivity (Wildman–Crippen MR) is 47.9 cm³/mol. The van der Waals surface area contributed by atoms with Crippen molar-refractivity contribution in [3.8, 4) is 0 Å². The Bertz CT molecular complexity index is 261. The largest absolute Gasteiger partial charge is 0.349 e. The minimum absolute atomic E-state index is 0.265. The number of hydrogen-bond acceptors (Lipinski definition) is 0. The van der Waals surface area contributed by atoms with Crippen molar-refractivity contribution < 1.29 is 5.73 Å². The molecule has 1 aromatic rings. The van der Waals surface area contributed by atoms with E-state index in [0.29, 0.717) is 0 Å². The van der Waals surface area contributed by atoms with Crippen molar-refractivity contribution in [2.24, 2.45) is 0 Å². The molecule has 0 bridgehead atoms. The van der Waals surface area contributed by atoms with E-state index < -0.39 is 0 Å². The molecule has 1 aliphatic rings. The monoisotopic (exact) mass is 212 g/mol. The van der Waals surface area contributed by atoms with Gasteiger partial charge in [-0.15, -0.1) is 0 Å². The number of quaternary nitrogens is 1. The van der Waals surface area contributed by atoms with Crippen LogP contribution in [-0.4, -0.2) is 0 Å². The highest BCUT2D eigenvalue weighted by Gasteiger charge is 2.44. The summed E-state index contributed by atoms with van der Waals surface area (Å²) in [5.41, 5.74) is 5.81. The molecule has 11 heavy (non-hydrogen) atoms. The first-order valence-electron chi connectivity index (χ1n) is 3.82. The van der Waals surface area contributed by atoms with Crippen LogP contribution in [0.5, 0.6) is 0 Å². The minimum atomic E-state index is 0.265. The second kappa shape index (κ2) is 2.32. The molecule has 0 unspecified atom stereocenters. The van der Waals surface area contributed by atoms with E-state index in [1.54, 1.807) is 0 Å². The zero-order chi connectivity index (χ0) is 7.90. The number of benzene rings is 1. The van der Waals surface area contributed by atoms with E-state index >= 15 is 0 Å². The van der Waals surface area contributed by atoms with Crippen LogP contribution in [-0.2, 0) is 5.54 Å². The van der Waals surface area contributed by atoms with E-state index in [1.165, 1.54) is 18.4 Å². The molecule has 1 aromatic carbocycles. The Morgan fingerprint density at radius 3 is 2.18 bits per heavy atom. The van der Waals surface area contributed by atoms with Crippen LogP contribution in [0.2, 0.25) is 0 Å². The molecule has 0 aromatic heterocycles. The fourth-order valence-electron chi connectivity index (χ4n) is 1.24. The minimum Gasteiger partial charge on any atom is -0.349 e. The third-order valence-corrected chi connectivity index (χ3v) is 2.84. The second-order valence-electron chi connectivity index (χ2n) is 3.29. The van der Waals surface area contributed by atoms with Crippen LogP contribution < -0.4 is 5.73 Å². The highest BCUT2D eigenvalue weighted by atomic mass is 79.9. The lowest BCUT2D eigenvalue weighted by molar-refractivity contribution is -0.446. The van der Waals surface area contributed by atoms with Gasteiger partial charge >= 0.3 is 0 Å². The average molecular weight is 213 g/mol. The Kier molecular flexibility index (Phi) is 1.55. The summed E-state index contributed by atoms with van der Waals surface area (Å²) in [6.07, 6.45) is 2.49. The Labute approximate surface area is 74.7 Å². The molecule has 3 N–H and O–H groups in total. The van der Waals surface area contributed by atoms with Crippen LogP contribution >= 0.6 is 15.9 Å². The molecule has 0 spiro atoms.